The van der Waals surface area contributed by atoms with Gasteiger partial charge in [0.15, 0.2) is 11.6 Å². The number of alkyl halides is 1. The summed E-state index contributed by atoms with van der Waals surface area (Å²) in [5, 5.41) is 10.9. The minimum atomic E-state index is -1.36. The van der Waals surface area contributed by atoms with Crippen LogP contribution in [0, 0.1) is 34.5 Å². The zero-order valence-corrected chi connectivity index (χ0v) is 18.6. The molecular weight excluding hydrogens is 392 g/mol. The summed E-state index contributed by atoms with van der Waals surface area (Å²) in [5.74, 6) is 0.257. The standard InChI is InChI=1S/C23H33ClO5/c1-12(25)23(28)10-7-15-14-5-6-16-20(24)17(27)8-9-21(16,3)19(14)18(29-13(2)26)11-22(15,23)4/h14-16,18-20,28H,5-11H2,1-4H3. The van der Waals surface area contributed by atoms with E-state index in [9.17, 15) is 19.5 Å². The molecule has 5 nitrogen and oxygen atoms in total. The number of fused-ring (bicyclic) bond motifs is 5. The number of aliphatic hydroxyl groups is 1. The molecule has 0 aliphatic heterocycles. The number of rotatable bonds is 2. The van der Waals surface area contributed by atoms with Gasteiger partial charge in [0, 0.05) is 24.7 Å². The van der Waals surface area contributed by atoms with E-state index in [1.807, 2.05) is 6.92 Å². The third-order valence-corrected chi connectivity index (χ3v) is 10.0. The molecule has 0 amide bonds. The summed E-state index contributed by atoms with van der Waals surface area (Å²) >= 11 is 6.60. The fraction of sp³-hybridized carbons (Fsp3) is 0.870. The number of hydrogen-bond acceptors (Lipinski definition) is 5. The van der Waals surface area contributed by atoms with Crippen molar-refractivity contribution in [2.45, 2.75) is 89.7 Å². The molecule has 0 radical (unpaired) electrons. The zero-order chi connectivity index (χ0) is 21.4. The van der Waals surface area contributed by atoms with Crippen molar-refractivity contribution in [3.05, 3.63) is 0 Å². The van der Waals surface area contributed by atoms with Gasteiger partial charge in [0.05, 0.1) is 5.38 Å². The summed E-state index contributed by atoms with van der Waals surface area (Å²) in [6.07, 6.45) is 4.39. The van der Waals surface area contributed by atoms with Gasteiger partial charge in [0.25, 0.3) is 0 Å². The molecule has 0 heterocycles. The number of carbonyl (C=O) groups excluding carboxylic acids is 3. The first kappa shape index (κ1) is 21.3. The molecule has 0 aromatic carbocycles. The van der Waals surface area contributed by atoms with Crippen LogP contribution in [0.2, 0.25) is 0 Å². The summed E-state index contributed by atoms with van der Waals surface area (Å²) < 4.78 is 5.89. The molecule has 4 aliphatic rings. The lowest BCUT2D eigenvalue weighted by atomic mass is 9.43. The van der Waals surface area contributed by atoms with Crippen LogP contribution in [0.1, 0.15) is 72.6 Å². The minimum Gasteiger partial charge on any atom is -0.462 e. The Hall–Kier alpha value is -0.940. The second-order valence-electron chi connectivity index (χ2n) is 10.6. The lowest BCUT2D eigenvalue weighted by Crippen LogP contribution is -2.64. The highest BCUT2D eigenvalue weighted by molar-refractivity contribution is 6.31. The SMILES string of the molecule is CC(=O)OC1CC2(C)C(CCC2(O)C(C)=O)C2CCC3C(Cl)C(=O)CCC3(C)C12. The summed E-state index contributed by atoms with van der Waals surface area (Å²) in [6.45, 7) is 7.14. The number of ether oxygens (including phenoxy) is 1. The smallest absolute Gasteiger partial charge is 0.302 e. The molecule has 0 spiro atoms. The first-order valence-corrected chi connectivity index (χ1v) is 11.5. The predicted molar refractivity (Wildman–Crippen MR) is 108 cm³/mol. The van der Waals surface area contributed by atoms with Gasteiger partial charge in [-0.05, 0) is 68.6 Å². The molecule has 9 unspecified atom stereocenters. The van der Waals surface area contributed by atoms with Gasteiger partial charge in [-0.2, -0.15) is 0 Å². The van der Waals surface area contributed by atoms with E-state index in [4.69, 9.17) is 16.3 Å². The van der Waals surface area contributed by atoms with Gasteiger partial charge >= 0.3 is 5.97 Å². The van der Waals surface area contributed by atoms with Crippen molar-refractivity contribution in [2.75, 3.05) is 0 Å². The van der Waals surface area contributed by atoms with Crippen LogP contribution in [0.3, 0.4) is 0 Å². The second-order valence-corrected chi connectivity index (χ2v) is 11.0. The normalized spacial score (nSPS) is 51.6. The zero-order valence-electron chi connectivity index (χ0n) is 17.9. The monoisotopic (exact) mass is 424 g/mol. The van der Waals surface area contributed by atoms with E-state index in [2.05, 4.69) is 6.92 Å². The van der Waals surface area contributed by atoms with Crippen molar-refractivity contribution < 1.29 is 24.2 Å². The van der Waals surface area contributed by atoms with Gasteiger partial charge in [-0.1, -0.05) is 13.8 Å². The van der Waals surface area contributed by atoms with Gasteiger partial charge in [-0.25, -0.2) is 0 Å². The largest absolute Gasteiger partial charge is 0.462 e. The van der Waals surface area contributed by atoms with Crippen molar-refractivity contribution in [1.29, 1.82) is 0 Å². The third-order valence-electron chi connectivity index (χ3n) is 9.47. The highest BCUT2D eigenvalue weighted by Gasteiger charge is 2.69. The summed E-state index contributed by atoms with van der Waals surface area (Å²) in [6, 6.07) is 0. The Bertz CT molecular complexity index is 752. The van der Waals surface area contributed by atoms with Gasteiger partial charge in [0.1, 0.15) is 11.7 Å². The molecule has 29 heavy (non-hydrogen) atoms. The number of Topliss-reactive ketones (excluding diaryl/α,β-unsaturated/α-hetero) is 2. The Morgan fingerprint density at radius 3 is 2.41 bits per heavy atom. The molecule has 9 atom stereocenters. The summed E-state index contributed by atoms with van der Waals surface area (Å²) in [7, 11) is 0. The molecule has 0 saturated heterocycles. The van der Waals surface area contributed by atoms with Crippen molar-refractivity contribution >= 4 is 29.1 Å². The number of ketones is 2. The van der Waals surface area contributed by atoms with Gasteiger partial charge < -0.3 is 9.84 Å². The van der Waals surface area contributed by atoms with Gasteiger partial charge in [-0.3, -0.25) is 14.4 Å². The van der Waals surface area contributed by atoms with E-state index < -0.39 is 16.4 Å². The fourth-order valence-corrected chi connectivity index (χ4v) is 8.61. The molecule has 4 fully saturated rings. The lowest BCUT2D eigenvalue weighted by Gasteiger charge is -2.63. The molecule has 0 aromatic heterocycles. The Labute approximate surface area is 177 Å². The van der Waals surface area contributed by atoms with Crippen molar-refractivity contribution in [3.63, 3.8) is 0 Å². The van der Waals surface area contributed by atoms with Crippen LogP contribution < -0.4 is 0 Å². The third kappa shape index (κ3) is 2.79. The molecule has 1 N–H and O–H groups in total. The fourth-order valence-electron chi connectivity index (χ4n) is 8.09. The molecule has 162 valence electrons. The average molecular weight is 425 g/mol. The van der Waals surface area contributed by atoms with E-state index in [-0.39, 0.29) is 52.7 Å². The first-order valence-electron chi connectivity index (χ1n) is 11.0. The second kappa shape index (κ2) is 6.78. The van der Waals surface area contributed by atoms with Gasteiger partial charge in [-0.15, -0.1) is 11.6 Å². The predicted octanol–water partition coefficient (Wildman–Crippen LogP) is 3.68. The lowest BCUT2D eigenvalue weighted by molar-refractivity contribution is -0.208. The number of carbonyl (C=O) groups is 3. The van der Waals surface area contributed by atoms with Gasteiger partial charge in [0.2, 0.25) is 0 Å². The van der Waals surface area contributed by atoms with E-state index in [0.29, 0.717) is 19.3 Å². The van der Waals surface area contributed by atoms with E-state index in [1.165, 1.54) is 13.8 Å². The van der Waals surface area contributed by atoms with Crippen LogP contribution in [-0.4, -0.2) is 39.7 Å². The Balaban J connectivity index is 1.78. The molecule has 4 aliphatic carbocycles. The Kier molecular flexibility index (Phi) is 4.98. The first-order chi connectivity index (χ1) is 13.5. The van der Waals surface area contributed by atoms with Crippen LogP contribution in [0.25, 0.3) is 0 Å². The average Bonchev–Trinajstić information content (AvgIpc) is 2.90. The molecule has 0 bridgehead atoms. The molecule has 0 aromatic rings. The number of halogens is 1. The maximum atomic E-state index is 12.5. The number of esters is 1. The highest BCUT2D eigenvalue weighted by Crippen LogP contribution is 2.68. The van der Waals surface area contributed by atoms with E-state index in [0.717, 1.165) is 25.7 Å². The Morgan fingerprint density at radius 1 is 1.10 bits per heavy atom. The van der Waals surface area contributed by atoms with Crippen LogP contribution in [0.15, 0.2) is 0 Å². The summed E-state index contributed by atoms with van der Waals surface area (Å²) in [5.41, 5.74) is -2.15. The number of hydrogen-bond donors (Lipinski definition) is 1. The topological polar surface area (TPSA) is 80.7 Å². The van der Waals surface area contributed by atoms with Crippen LogP contribution >= 0.6 is 11.6 Å². The molecule has 6 heteroatoms. The highest BCUT2D eigenvalue weighted by atomic mass is 35.5. The quantitative estimate of drug-likeness (QED) is 0.540. The molecule has 4 saturated carbocycles. The van der Waals surface area contributed by atoms with Crippen molar-refractivity contribution in [3.8, 4) is 0 Å². The van der Waals surface area contributed by atoms with Crippen molar-refractivity contribution in [1.82, 2.24) is 0 Å². The minimum absolute atomic E-state index is 0.0853. The maximum absolute atomic E-state index is 12.5. The maximum Gasteiger partial charge on any atom is 0.302 e. The summed E-state index contributed by atoms with van der Waals surface area (Å²) in [4.78, 5) is 36.8. The van der Waals surface area contributed by atoms with Crippen molar-refractivity contribution in [2.24, 2.45) is 34.5 Å². The van der Waals surface area contributed by atoms with E-state index >= 15 is 0 Å². The van der Waals surface area contributed by atoms with Crippen LogP contribution in [-0.2, 0) is 19.1 Å². The Morgan fingerprint density at radius 2 is 1.79 bits per heavy atom. The molecule has 4 rings (SSSR count). The van der Waals surface area contributed by atoms with E-state index in [1.54, 1.807) is 0 Å². The van der Waals surface area contributed by atoms with Crippen LogP contribution in [0.5, 0.6) is 0 Å². The molecular formula is C23H33ClO5. The van der Waals surface area contributed by atoms with Crippen LogP contribution in [0.4, 0.5) is 0 Å².